The van der Waals surface area contributed by atoms with Gasteiger partial charge in [-0.3, -0.25) is 10.2 Å². The lowest BCUT2D eigenvalue weighted by atomic mass is 10.2. The number of nitrogens with two attached hydrogens (primary N) is 1. The average Bonchev–Trinajstić information content (AvgIpc) is 2.03. The summed E-state index contributed by atoms with van der Waals surface area (Å²) in [4.78, 5) is 10.5. The molecule has 0 radical (unpaired) electrons. The van der Waals surface area contributed by atoms with E-state index < -0.39 is 0 Å². The zero-order valence-electron chi connectivity index (χ0n) is 7.50. The molecule has 0 aliphatic carbocycles. The van der Waals surface area contributed by atoms with Crippen LogP contribution in [0.15, 0.2) is 24.3 Å². The molecule has 0 heterocycles. The summed E-state index contributed by atoms with van der Waals surface area (Å²) in [5, 5.41) is 0. The molecule has 0 unspecified atom stereocenters. The molecule has 0 atom stereocenters. The van der Waals surface area contributed by atoms with Crippen LogP contribution in [0, 0.1) is 0 Å². The van der Waals surface area contributed by atoms with Crippen molar-refractivity contribution in [2.75, 3.05) is 5.73 Å². The van der Waals surface area contributed by atoms with E-state index in [1.54, 1.807) is 0 Å². The fraction of sp³-hybridized carbons (Fsp3) is 0.222. The number of hydrogen-bond donors (Lipinski definition) is 3. The maximum Gasteiger partial charge on any atom is 0.230 e. The van der Waals surface area contributed by atoms with E-state index in [0.717, 1.165) is 11.3 Å². The van der Waals surface area contributed by atoms with Crippen LogP contribution in [0.1, 0.15) is 12.5 Å². The SMILES string of the molecule is CC(=O)NNCc1cccc(N)c1. The molecule has 1 amide bonds. The number of hydrazine groups is 1. The van der Waals surface area contributed by atoms with Gasteiger partial charge in [0.25, 0.3) is 0 Å². The molecule has 1 aromatic rings. The standard InChI is InChI=1S/C9H13N3O/c1-7(13)12-11-6-8-3-2-4-9(10)5-8/h2-5,11H,6,10H2,1H3,(H,12,13). The van der Waals surface area contributed by atoms with E-state index in [1.165, 1.54) is 6.92 Å². The molecule has 13 heavy (non-hydrogen) atoms. The van der Waals surface area contributed by atoms with E-state index in [0.29, 0.717) is 6.54 Å². The van der Waals surface area contributed by atoms with Gasteiger partial charge in [-0.05, 0) is 17.7 Å². The van der Waals surface area contributed by atoms with Gasteiger partial charge in [-0.2, -0.15) is 0 Å². The number of carbonyl (C=O) groups is 1. The molecule has 4 nitrogen and oxygen atoms in total. The van der Waals surface area contributed by atoms with E-state index in [9.17, 15) is 4.79 Å². The zero-order chi connectivity index (χ0) is 9.68. The zero-order valence-corrected chi connectivity index (χ0v) is 7.50. The lowest BCUT2D eigenvalue weighted by Crippen LogP contribution is -2.34. The quantitative estimate of drug-likeness (QED) is 0.465. The van der Waals surface area contributed by atoms with Crippen molar-refractivity contribution in [3.05, 3.63) is 29.8 Å². The number of rotatable bonds is 3. The summed E-state index contributed by atoms with van der Waals surface area (Å²) in [5.74, 6) is -0.107. The predicted octanol–water partition coefficient (Wildman–Crippen LogP) is 0.409. The van der Waals surface area contributed by atoms with Gasteiger partial charge in [0.15, 0.2) is 0 Å². The second kappa shape index (κ2) is 4.47. The average molecular weight is 179 g/mol. The molecule has 0 bridgehead atoms. The molecule has 1 rings (SSSR count). The lowest BCUT2D eigenvalue weighted by molar-refractivity contribution is -0.119. The Labute approximate surface area is 77.1 Å². The monoisotopic (exact) mass is 179 g/mol. The van der Waals surface area contributed by atoms with Gasteiger partial charge in [0.1, 0.15) is 0 Å². The maximum atomic E-state index is 10.5. The fourth-order valence-corrected chi connectivity index (χ4v) is 0.974. The summed E-state index contributed by atoms with van der Waals surface area (Å²) >= 11 is 0. The van der Waals surface area contributed by atoms with Crippen molar-refractivity contribution in [2.45, 2.75) is 13.5 Å². The second-order valence-electron chi connectivity index (χ2n) is 2.78. The molecule has 0 saturated heterocycles. The summed E-state index contributed by atoms with van der Waals surface area (Å²) in [6.45, 7) is 2.02. The van der Waals surface area contributed by atoms with Crippen LogP contribution in [0.2, 0.25) is 0 Å². The highest BCUT2D eigenvalue weighted by Gasteiger charge is 1.93. The molecule has 0 aliphatic rings. The third-order valence-corrected chi connectivity index (χ3v) is 1.51. The third-order valence-electron chi connectivity index (χ3n) is 1.51. The van der Waals surface area contributed by atoms with Gasteiger partial charge >= 0.3 is 0 Å². The van der Waals surface area contributed by atoms with Crippen LogP contribution in [0.5, 0.6) is 0 Å². The van der Waals surface area contributed by atoms with Gasteiger partial charge in [0.05, 0.1) is 0 Å². The van der Waals surface area contributed by atoms with Crippen molar-refractivity contribution >= 4 is 11.6 Å². The fourth-order valence-electron chi connectivity index (χ4n) is 0.974. The Balaban J connectivity index is 2.41. The molecular formula is C9H13N3O. The minimum Gasteiger partial charge on any atom is -0.399 e. The van der Waals surface area contributed by atoms with Crippen molar-refractivity contribution in [2.24, 2.45) is 0 Å². The van der Waals surface area contributed by atoms with Crippen LogP contribution in [-0.4, -0.2) is 5.91 Å². The molecular weight excluding hydrogens is 166 g/mol. The molecule has 4 heteroatoms. The van der Waals surface area contributed by atoms with Gasteiger partial charge in [-0.1, -0.05) is 12.1 Å². The first kappa shape index (κ1) is 9.54. The summed E-state index contributed by atoms with van der Waals surface area (Å²) < 4.78 is 0. The van der Waals surface area contributed by atoms with Gasteiger partial charge in [0.2, 0.25) is 5.91 Å². The Bertz CT molecular complexity index is 299. The van der Waals surface area contributed by atoms with Gasteiger partial charge < -0.3 is 5.73 Å². The first-order chi connectivity index (χ1) is 6.18. The van der Waals surface area contributed by atoms with Crippen LogP contribution in [0.4, 0.5) is 5.69 Å². The Morgan fingerprint density at radius 1 is 1.54 bits per heavy atom. The van der Waals surface area contributed by atoms with Gasteiger partial charge in [0, 0.05) is 19.2 Å². The van der Waals surface area contributed by atoms with Gasteiger partial charge in [-0.15, -0.1) is 0 Å². The van der Waals surface area contributed by atoms with Crippen LogP contribution in [0.25, 0.3) is 0 Å². The van der Waals surface area contributed by atoms with Crippen LogP contribution in [-0.2, 0) is 11.3 Å². The minimum absolute atomic E-state index is 0.107. The maximum absolute atomic E-state index is 10.5. The third kappa shape index (κ3) is 3.57. The van der Waals surface area contributed by atoms with Crippen molar-refractivity contribution < 1.29 is 4.79 Å². The molecule has 0 spiro atoms. The largest absolute Gasteiger partial charge is 0.399 e. The van der Waals surface area contributed by atoms with Crippen molar-refractivity contribution in [1.82, 2.24) is 10.9 Å². The topological polar surface area (TPSA) is 67.2 Å². The highest BCUT2D eigenvalue weighted by atomic mass is 16.2. The molecule has 0 aromatic heterocycles. The Hall–Kier alpha value is -1.55. The highest BCUT2D eigenvalue weighted by Crippen LogP contribution is 2.05. The van der Waals surface area contributed by atoms with Crippen molar-refractivity contribution in [1.29, 1.82) is 0 Å². The van der Waals surface area contributed by atoms with Crippen LogP contribution >= 0.6 is 0 Å². The predicted molar refractivity (Wildman–Crippen MR) is 51.5 cm³/mol. The molecule has 0 saturated carbocycles. The van der Waals surface area contributed by atoms with E-state index in [-0.39, 0.29) is 5.91 Å². The van der Waals surface area contributed by atoms with Crippen LogP contribution < -0.4 is 16.6 Å². The molecule has 0 fully saturated rings. The number of nitrogens with one attached hydrogen (secondary N) is 2. The first-order valence-electron chi connectivity index (χ1n) is 4.02. The van der Waals surface area contributed by atoms with Gasteiger partial charge in [-0.25, -0.2) is 5.43 Å². The van der Waals surface area contributed by atoms with Crippen molar-refractivity contribution in [3.8, 4) is 0 Å². The smallest absolute Gasteiger partial charge is 0.230 e. The molecule has 0 aliphatic heterocycles. The second-order valence-corrected chi connectivity index (χ2v) is 2.78. The number of carbonyl (C=O) groups excluding carboxylic acids is 1. The molecule has 1 aromatic carbocycles. The number of anilines is 1. The molecule has 70 valence electrons. The minimum atomic E-state index is -0.107. The Kier molecular flexibility index (Phi) is 3.28. The van der Waals surface area contributed by atoms with E-state index in [1.807, 2.05) is 24.3 Å². The Morgan fingerprint density at radius 3 is 2.92 bits per heavy atom. The van der Waals surface area contributed by atoms with E-state index >= 15 is 0 Å². The first-order valence-corrected chi connectivity index (χ1v) is 4.02. The van der Waals surface area contributed by atoms with E-state index in [4.69, 9.17) is 5.73 Å². The summed E-state index contributed by atoms with van der Waals surface area (Å²) in [7, 11) is 0. The number of hydrogen-bond acceptors (Lipinski definition) is 3. The summed E-state index contributed by atoms with van der Waals surface area (Å²) in [6, 6.07) is 7.49. The normalized spacial score (nSPS) is 9.62. The summed E-state index contributed by atoms with van der Waals surface area (Å²) in [6.07, 6.45) is 0. The number of benzene rings is 1. The summed E-state index contributed by atoms with van der Waals surface area (Å²) in [5.41, 5.74) is 12.6. The molecule has 4 N–H and O–H groups in total. The number of amides is 1. The number of nitrogen functional groups attached to an aromatic ring is 1. The Morgan fingerprint density at radius 2 is 2.31 bits per heavy atom. The van der Waals surface area contributed by atoms with Crippen molar-refractivity contribution in [3.63, 3.8) is 0 Å². The lowest BCUT2D eigenvalue weighted by Gasteiger charge is -2.04. The highest BCUT2D eigenvalue weighted by molar-refractivity contribution is 5.72. The van der Waals surface area contributed by atoms with Crippen LogP contribution in [0.3, 0.4) is 0 Å². The van der Waals surface area contributed by atoms with E-state index in [2.05, 4.69) is 10.9 Å².